The lowest BCUT2D eigenvalue weighted by molar-refractivity contribution is 0.464. The number of aryl methyl sites for hydroxylation is 1. The number of phenols is 1. The molecule has 0 bridgehead atoms. The number of hydrogen-bond donors (Lipinski definition) is 2. The topological polar surface area (TPSA) is 20.2 Å². The summed E-state index contributed by atoms with van der Waals surface area (Å²) in [5.74, 6) is 1.09. The normalized spacial score (nSPS) is 10.4. The van der Waals surface area contributed by atoms with E-state index in [2.05, 4.69) is 28.6 Å². The van der Waals surface area contributed by atoms with Gasteiger partial charge < -0.3 is 5.11 Å². The van der Waals surface area contributed by atoms with Gasteiger partial charge in [-0.1, -0.05) is 11.6 Å². The zero-order valence-electron chi connectivity index (χ0n) is 6.93. The second kappa shape index (κ2) is 5.13. The Morgan fingerprint density at radius 1 is 1.46 bits per heavy atom. The smallest absolute Gasteiger partial charge is 0.133 e. The third-order valence-electron chi connectivity index (χ3n) is 1.71. The summed E-state index contributed by atoms with van der Waals surface area (Å²) in [6.07, 6.45) is 1.73. The van der Waals surface area contributed by atoms with Crippen LogP contribution in [0.3, 0.4) is 0 Å². The molecule has 0 saturated heterocycles. The highest BCUT2D eigenvalue weighted by atomic mass is 79.9. The van der Waals surface area contributed by atoms with Crippen LogP contribution in [0.25, 0.3) is 0 Å². The third kappa shape index (κ3) is 3.08. The molecule has 0 unspecified atom stereocenters. The van der Waals surface area contributed by atoms with Gasteiger partial charge in [0.2, 0.25) is 0 Å². The minimum atomic E-state index is 0.284. The van der Waals surface area contributed by atoms with Crippen LogP contribution >= 0.6 is 40.2 Å². The zero-order valence-corrected chi connectivity index (χ0v) is 10.2. The molecule has 4 heteroatoms. The highest BCUT2D eigenvalue weighted by Gasteiger charge is 2.06. The number of thiol groups is 1. The average molecular weight is 282 g/mol. The van der Waals surface area contributed by atoms with E-state index < -0.39 is 0 Å². The quantitative estimate of drug-likeness (QED) is 0.810. The van der Waals surface area contributed by atoms with Gasteiger partial charge in [-0.2, -0.15) is 12.6 Å². The van der Waals surface area contributed by atoms with E-state index >= 15 is 0 Å². The summed E-state index contributed by atoms with van der Waals surface area (Å²) in [5, 5.41) is 10.3. The first-order valence-electron chi connectivity index (χ1n) is 3.93. The molecule has 0 spiro atoms. The van der Waals surface area contributed by atoms with Crippen molar-refractivity contribution in [3.63, 3.8) is 0 Å². The number of aromatic hydroxyl groups is 1. The molecule has 0 aliphatic heterocycles. The van der Waals surface area contributed by atoms with Gasteiger partial charge in [-0.25, -0.2) is 0 Å². The van der Waals surface area contributed by atoms with Crippen molar-refractivity contribution in [2.75, 3.05) is 5.75 Å². The predicted molar refractivity (Wildman–Crippen MR) is 63.0 cm³/mol. The predicted octanol–water partition coefficient (Wildman–Crippen LogP) is 3.67. The maximum Gasteiger partial charge on any atom is 0.133 e. The fourth-order valence-electron chi connectivity index (χ4n) is 1.08. The number of phenolic OH excluding ortho intramolecular Hbond substituents is 1. The molecule has 0 aromatic heterocycles. The molecule has 1 rings (SSSR count). The SMILES string of the molecule is Oc1c(Br)cc(Cl)cc1CCCS. The molecule has 1 aromatic carbocycles. The van der Waals surface area contributed by atoms with Gasteiger partial charge in [-0.15, -0.1) is 0 Å². The van der Waals surface area contributed by atoms with Crippen molar-refractivity contribution < 1.29 is 5.11 Å². The lowest BCUT2D eigenvalue weighted by Crippen LogP contribution is -1.88. The Morgan fingerprint density at radius 2 is 2.15 bits per heavy atom. The lowest BCUT2D eigenvalue weighted by Gasteiger charge is -2.06. The van der Waals surface area contributed by atoms with Gasteiger partial charge in [0.15, 0.2) is 0 Å². The van der Waals surface area contributed by atoms with E-state index in [0.29, 0.717) is 9.50 Å². The molecule has 0 fully saturated rings. The van der Waals surface area contributed by atoms with Crippen LogP contribution in [0.5, 0.6) is 5.75 Å². The number of halogens is 2. The van der Waals surface area contributed by atoms with Crippen molar-refractivity contribution in [2.45, 2.75) is 12.8 Å². The molecule has 0 aliphatic carbocycles. The van der Waals surface area contributed by atoms with Crippen molar-refractivity contribution in [1.29, 1.82) is 0 Å². The summed E-state index contributed by atoms with van der Waals surface area (Å²) < 4.78 is 0.647. The summed E-state index contributed by atoms with van der Waals surface area (Å²) >= 11 is 13.2. The van der Waals surface area contributed by atoms with Crippen LogP contribution in [0, 0.1) is 0 Å². The standard InChI is InChI=1S/C9H10BrClOS/c10-8-5-7(11)4-6(9(8)12)2-1-3-13/h4-5,12-13H,1-3H2. The molecule has 1 aromatic rings. The summed E-state index contributed by atoms with van der Waals surface area (Å²) in [6.45, 7) is 0. The Morgan fingerprint density at radius 3 is 2.77 bits per heavy atom. The zero-order chi connectivity index (χ0) is 9.84. The van der Waals surface area contributed by atoms with Crippen molar-refractivity contribution in [3.05, 3.63) is 27.2 Å². The Bertz CT molecular complexity index is 304. The highest BCUT2D eigenvalue weighted by Crippen LogP contribution is 2.32. The van der Waals surface area contributed by atoms with E-state index in [1.807, 2.05) is 0 Å². The molecule has 1 N–H and O–H groups in total. The van der Waals surface area contributed by atoms with E-state index in [0.717, 1.165) is 24.2 Å². The first-order valence-corrected chi connectivity index (χ1v) is 5.73. The molecule has 72 valence electrons. The van der Waals surface area contributed by atoms with Gasteiger partial charge in [0, 0.05) is 5.02 Å². The third-order valence-corrected chi connectivity index (χ3v) is 2.85. The Hall–Kier alpha value is 0.140. The van der Waals surface area contributed by atoms with Crippen molar-refractivity contribution in [3.8, 4) is 5.75 Å². The van der Waals surface area contributed by atoms with Gasteiger partial charge in [-0.05, 0) is 52.2 Å². The molecule has 0 atom stereocenters. The Kier molecular flexibility index (Phi) is 4.42. The fourth-order valence-corrected chi connectivity index (χ4v) is 2.11. The van der Waals surface area contributed by atoms with Gasteiger partial charge in [-0.3, -0.25) is 0 Å². The van der Waals surface area contributed by atoms with Crippen LogP contribution in [0.15, 0.2) is 16.6 Å². The van der Waals surface area contributed by atoms with Crippen LogP contribution in [-0.2, 0) is 6.42 Å². The Labute approximate surface area is 96.6 Å². The highest BCUT2D eigenvalue weighted by molar-refractivity contribution is 9.10. The first-order chi connectivity index (χ1) is 6.15. The average Bonchev–Trinajstić information content (AvgIpc) is 2.09. The molecular formula is C9H10BrClOS. The van der Waals surface area contributed by atoms with Gasteiger partial charge in [0.25, 0.3) is 0 Å². The molecular weight excluding hydrogens is 272 g/mol. The van der Waals surface area contributed by atoms with Crippen molar-refractivity contribution in [1.82, 2.24) is 0 Å². The van der Waals surface area contributed by atoms with Crippen LogP contribution in [0.1, 0.15) is 12.0 Å². The second-order valence-electron chi connectivity index (χ2n) is 2.72. The van der Waals surface area contributed by atoms with Gasteiger partial charge >= 0.3 is 0 Å². The van der Waals surface area contributed by atoms with Gasteiger partial charge in [0.05, 0.1) is 4.47 Å². The summed E-state index contributed by atoms with van der Waals surface area (Å²) in [6, 6.07) is 3.46. The number of benzene rings is 1. The second-order valence-corrected chi connectivity index (χ2v) is 4.46. The summed E-state index contributed by atoms with van der Waals surface area (Å²) in [5.41, 5.74) is 0.869. The van der Waals surface area contributed by atoms with E-state index in [-0.39, 0.29) is 5.75 Å². The minimum Gasteiger partial charge on any atom is -0.506 e. The van der Waals surface area contributed by atoms with Crippen molar-refractivity contribution >= 4 is 40.2 Å². The first kappa shape index (κ1) is 11.2. The fraction of sp³-hybridized carbons (Fsp3) is 0.333. The van der Waals surface area contributed by atoms with Crippen LogP contribution in [0.2, 0.25) is 5.02 Å². The lowest BCUT2D eigenvalue weighted by atomic mass is 10.1. The molecule has 0 saturated carbocycles. The molecule has 0 aliphatic rings. The molecule has 0 heterocycles. The van der Waals surface area contributed by atoms with E-state index in [4.69, 9.17) is 11.6 Å². The molecule has 1 nitrogen and oxygen atoms in total. The minimum absolute atomic E-state index is 0.284. The van der Waals surface area contributed by atoms with Gasteiger partial charge in [0.1, 0.15) is 5.75 Å². The van der Waals surface area contributed by atoms with E-state index in [9.17, 15) is 5.11 Å². The van der Waals surface area contributed by atoms with Crippen molar-refractivity contribution in [2.24, 2.45) is 0 Å². The number of rotatable bonds is 3. The van der Waals surface area contributed by atoms with E-state index in [1.54, 1.807) is 12.1 Å². The molecule has 13 heavy (non-hydrogen) atoms. The number of hydrogen-bond acceptors (Lipinski definition) is 2. The van der Waals surface area contributed by atoms with Crippen LogP contribution in [0.4, 0.5) is 0 Å². The largest absolute Gasteiger partial charge is 0.506 e. The monoisotopic (exact) mass is 280 g/mol. The Balaban J connectivity index is 2.92. The maximum atomic E-state index is 9.62. The molecule has 0 radical (unpaired) electrons. The van der Waals surface area contributed by atoms with Crippen LogP contribution < -0.4 is 0 Å². The summed E-state index contributed by atoms with van der Waals surface area (Å²) in [7, 11) is 0. The van der Waals surface area contributed by atoms with Crippen LogP contribution in [-0.4, -0.2) is 10.9 Å². The molecule has 0 amide bonds. The maximum absolute atomic E-state index is 9.62. The summed E-state index contributed by atoms with van der Waals surface area (Å²) in [4.78, 5) is 0. The van der Waals surface area contributed by atoms with E-state index in [1.165, 1.54) is 0 Å².